The molecule has 0 aromatic carbocycles. The first kappa shape index (κ1) is 21.5. The van der Waals surface area contributed by atoms with Crippen LogP contribution in [0.3, 0.4) is 0 Å². The van der Waals surface area contributed by atoms with Crippen molar-refractivity contribution in [2.75, 3.05) is 10.6 Å². The van der Waals surface area contributed by atoms with Gasteiger partial charge >= 0.3 is 0 Å². The minimum Gasteiger partial charge on any atom is -0.365 e. The summed E-state index contributed by atoms with van der Waals surface area (Å²) in [6.45, 7) is 8.10. The van der Waals surface area contributed by atoms with E-state index < -0.39 is 11.7 Å². The molecule has 30 heavy (non-hydrogen) atoms. The standard InChI is InChI=1S/C21H28FN7O/c1-6-7-17(11(2)3)26-20-16(22)9-15(18(23)30)19(27-20)25-13-8-14-12(4)28-29(5)21(14)24-10-13/h8-11,17H,6-7H2,1-5H3,(H2,23,30)(H2,25,26,27). The molecule has 0 aliphatic rings. The van der Waals surface area contributed by atoms with Gasteiger partial charge in [0.15, 0.2) is 17.3 Å². The SMILES string of the molecule is CCCC(Nc1nc(Nc2cnc3c(c2)c(C)nn3C)c(C(N)=O)cc1F)C(C)C. The van der Waals surface area contributed by atoms with Gasteiger partial charge in [0.1, 0.15) is 5.82 Å². The van der Waals surface area contributed by atoms with Crippen molar-refractivity contribution < 1.29 is 9.18 Å². The molecule has 9 heteroatoms. The Hall–Kier alpha value is -3.23. The van der Waals surface area contributed by atoms with Crippen LogP contribution in [0.5, 0.6) is 0 Å². The van der Waals surface area contributed by atoms with Crippen molar-refractivity contribution in [3.8, 4) is 0 Å². The summed E-state index contributed by atoms with van der Waals surface area (Å²) >= 11 is 0. The Morgan fingerprint density at radius 1 is 1.30 bits per heavy atom. The van der Waals surface area contributed by atoms with Crippen LogP contribution in [-0.2, 0) is 7.05 Å². The van der Waals surface area contributed by atoms with Crippen LogP contribution in [0.4, 0.5) is 21.7 Å². The second-order valence-corrected chi connectivity index (χ2v) is 7.79. The fourth-order valence-corrected chi connectivity index (χ4v) is 3.44. The van der Waals surface area contributed by atoms with Gasteiger partial charge in [0, 0.05) is 18.5 Å². The fourth-order valence-electron chi connectivity index (χ4n) is 3.44. The highest BCUT2D eigenvalue weighted by Gasteiger charge is 2.20. The second-order valence-electron chi connectivity index (χ2n) is 7.79. The van der Waals surface area contributed by atoms with Crippen molar-refractivity contribution >= 4 is 34.3 Å². The largest absolute Gasteiger partial charge is 0.365 e. The van der Waals surface area contributed by atoms with Crippen LogP contribution >= 0.6 is 0 Å². The van der Waals surface area contributed by atoms with E-state index in [1.54, 1.807) is 10.9 Å². The van der Waals surface area contributed by atoms with Gasteiger partial charge in [-0.2, -0.15) is 5.10 Å². The number of aryl methyl sites for hydroxylation is 2. The van der Waals surface area contributed by atoms with E-state index in [9.17, 15) is 9.18 Å². The normalized spacial score (nSPS) is 12.4. The lowest BCUT2D eigenvalue weighted by molar-refractivity contribution is 0.100. The lowest BCUT2D eigenvalue weighted by Gasteiger charge is -2.23. The van der Waals surface area contributed by atoms with Gasteiger partial charge in [0.2, 0.25) is 0 Å². The number of primary amides is 1. The number of carbonyl (C=O) groups excluding carboxylic acids is 1. The third kappa shape index (κ3) is 4.34. The minimum atomic E-state index is -0.768. The molecule has 0 spiro atoms. The quantitative estimate of drug-likeness (QED) is 0.517. The van der Waals surface area contributed by atoms with Crippen LogP contribution in [0.2, 0.25) is 0 Å². The van der Waals surface area contributed by atoms with E-state index in [2.05, 4.69) is 46.5 Å². The number of pyridine rings is 2. The molecule has 3 rings (SSSR count). The number of nitrogens with zero attached hydrogens (tertiary/aromatic N) is 4. The lowest BCUT2D eigenvalue weighted by Crippen LogP contribution is -2.27. The molecule has 3 aromatic heterocycles. The Morgan fingerprint density at radius 2 is 2.03 bits per heavy atom. The van der Waals surface area contributed by atoms with Crippen LogP contribution < -0.4 is 16.4 Å². The van der Waals surface area contributed by atoms with Crippen molar-refractivity contribution in [3.05, 3.63) is 35.4 Å². The number of amides is 1. The monoisotopic (exact) mass is 413 g/mol. The first-order valence-electron chi connectivity index (χ1n) is 10.0. The first-order valence-corrected chi connectivity index (χ1v) is 10.0. The maximum absolute atomic E-state index is 14.7. The molecule has 1 unspecified atom stereocenters. The highest BCUT2D eigenvalue weighted by atomic mass is 19.1. The summed E-state index contributed by atoms with van der Waals surface area (Å²) < 4.78 is 16.4. The van der Waals surface area contributed by atoms with E-state index in [0.717, 1.165) is 35.6 Å². The number of hydrogen-bond donors (Lipinski definition) is 3. The molecule has 0 aliphatic carbocycles. The van der Waals surface area contributed by atoms with E-state index in [4.69, 9.17) is 5.73 Å². The number of nitrogens with two attached hydrogens (primary N) is 1. The fraction of sp³-hybridized carbons (Fsp3) is 0.429. The number of halogens is 1. The first-order chi connectivity index (χ1) is 14.2. The van der Waals surface area contributed by atoms with E-state index in [0.29, 0.717) is 11.6 Å². The van der Waals surface area contributed by atoms with Crippen LogP contribution in [-0.4, -0.2) is 31.7 Å². The molecule has 0 saturated carbocycles. The molecule has 0 bridgehead atoms. The highest BCUT2D eigenvalue weighted by Crippen LogP contribution is 2.27. The molecule has 0 aliphatic heterocycles. The zero-order valence-electron chi connectivity index (χ0n) is 18.0. The molecular weight excluding hydrogens is 385 g/mol. The van der Waals surface area contributed by atoms with E-state index in [-0.39, 0.29) is 23.2 Å². The molecule has 1 atom stereocenters. The predicted octanol–water partition coefficient (Wildman–Crippen LogP) is 3.89. The summed E-state index contributed by atoms with van der Waals surface area (Å²) in [5.41, 5.74) is 7.60. The van der Waals surface area contributed by atoms with E-state index in [1.165, 1.54) is 0 Å². The summed E-state index contributed by atoms with van der Waals surface area (Å²) in [6.07, 6.45) is 3.44. The summed E-state index contributed by atoms with van der Waals surface area (Å²) in [5, 5.41) is 11.5. The van der Waals surface area contributed by atoms with Gasteiger partial charge in [0.25, 0.3) is 5.91 Å². The molecule has 0 fully saturated rings. The molecular formula is C21H28FN7O. The number of hydrogen-bond acceptors (Lipinski definition) is 6. The number of aromatic nitrogens is 4. The van der Waals surface area contributed by atoms with E-state index >= 15 is 0 Å². The van der Waals surface area contributed by atoms with E-state index in [1.807, 2.05) is 20.0 Å². The van der Waals surface area contributed by atoms with Crippen LogP contribution in [0, 0.1) is 18.7 Å². The minimum absolute atomic E-state index is 0.0300. The summed E-state index contributed by atoms with van der Waals surface area (Å²) in [6, 6.07) is 3.03. The van der Waals surface area contributed by atoms with Crippen molar-refractivity contribution in [1.29, 1.82) is 0 Å². The van der Waals surface area contributed by atoms with Crippen molar-refractivity contribution in [2.45, 2.75) is 46.6 Å². The highest BCUT2D eigenvalue weighted by molar-refractivity contribution is 5.98. The topological polar surface area (TPSA) is 111 Å². The number of nitrogens with one attached hydrogen (secondary N) is 2. The van der Waals surface area contributed by atoms with Gasteiger partial charge in [-0.15, -0.1) is 0 Å². The molecule has 1 amide bonds. The van der Waals surface area contributed by atoms with Crippen molar-refractivity contribution in [1.82, 2.24) is 19.7 Å². The molecule has 8 nitrogen and oxygen atoms in total. The molecule has 4 N–H and O–H groups in total. The Balaban J connectivity index is 2.00. The number of anilines is 3. The zero-order chi connectivity index (χ0) is 22.0. The maximum Gasteiger partial charge on any atom is 0.252 e. The second kappa shape index (κ2) is 8.64. The van der Waals surface area contributed by atoms with Gasteiger partial charge in [-0.1, -0.05) is 27.2 Å². The lowest BCUT2D eigenvalue weighted by atomic mass is 9.99. The average Bonchev–Trinajstić information content (AvgIpc) is 2.96. The third-order valence-corrected chi connectivity index (χ3v) is 5.09. The Kier molecular flexibility index (Phi) is 6.19. The Bertz CT molecular complexity index is 1080. The van der Waals surface area contributed by atoms with Crippen LogP contribution in [0.1, 0.15) is 49.7 Å². The summed E-state index contributed by atoms with van der Waals surface area (Å²) in [5.74, 6) is -0.836. The number of carbonyl (C=O) groups is 1. The maximum atomic E-state index is 14.7. The van der Waals surface area contributed by atoms with Crippen LogP contribution in [0.15, 0.2) is 18.3 Å². The molecule has 0 radical (unpaired) electrons. The Labute approximate surface area is 175 Å². The molecule has 3 aromatic rings. The summed E-state index contributed by atoms with van der Waals surface area (Å²) in [4.78, 5) is 20.7. The number of fused-ring (bicyclic) bond motifs is 1. The number of rotatable bonds is 8. The average molecular weight is 414 g/mol. The Morgan fingerprint density at radius 3 is 2.67 bits per heavy atom. The smallest absolute Gasteiger partial charge is 0.252 e. The van der Waals surface area contributed by atoms with Gasteiger partial charge in [-0.25, -0.2) is 14.4 Å². The van der Waals surface area contributed by atoms with Gasteiger partial charge in [-0.3, -0.25) is 9.48 Å². The molecule has 0 saturated heterocycles. The van der Waals surface area contributed by atoms with Gasteiger partial charge in [0.05, 0.1) is 23.1 Å². The molecule has 160 valence electrons. The van der Waals surface area contributed by atoms with Crippen molar-refractivity contribution in [2.24, 2.45) is 18.7 Å². The van der Waals surface area contributed by atoms with Gasteiger partial charge < -0.3 is 16.4 Å². The predicted molar refractivity (Wildman–Crippen MR) is 116 cm³/mol. The van der Waals surface area contributed by atoms with Crippen molar-refractivity contribution in [3.63, 3.8) is 0 Å². The summed E-state index contributed by atoms with van der Waals surface area (Å²) in [7, 11) is 1.82. The van der Waals surface area contributed by atoms with Gasteiger partial charge in [-0.05, 0) is 31.4 Å². The molecule has 3 heterocycles. The zero-order valence-corrected chi connectivity index (χ0v) is 18.0. The third-order valence-electron chi connectivity index (χ3n) is 5.09. The van der Waals surface area contributed by atoms with Crippen LogP contribution in [0.25, 0.3) is 11.0 Å².